The second kappa shape index (κ2) is 10.1. The summed E-state index contributed by atoms with van der Waals surface area (Å²) < 4.78 is 0. The summed E-state index contributed by atoms with van der Waals surface area (Å²) in [7, 11) is 0. The van der Waals surface area contributed by atoms with E-state index in [9.17, 15) is 4.91 Å². The van der Waals surface area contributed by atoms with Crippen LogP contribution in [0.25, 0.3) is 0 Å². The van der Waals surface area contributed by atoms with Crippen molar-refractivity contribution in [3.63, 3.8) is 0 Å². The van der Waals surface area contributed by atoms with Crippen molar-refractivity contribution in [2.45, 2.75) is 83.1 Å². The lowest BCUT2D eigenvalue weighted by atomic mass is 10.0. The molecule has 0 aromatic carbocycles. The Morgan fingerprint density at radius 1 is 0.875 bits per heavy atom. The third kappa shape index (κ3) is 8.09. The van der Waals surface area contributed by atoms with Crippen LogP contribution in [-0.2, 0) is 0 Å². The van der Waals surface area contributed by atoms with Crippen LogP contribution in [0.1, 0.15) is 78.1 Å². The lowest BCUT2D eigenvalue weighted by Gasteiger charge is -2.18. The zero-order valence-corrected chi connectivity index (χ0v) is 11.6. The number of nitrogens with zero attached hydrogens (tertiary/aromatic N) is 1. The van der Waals surface area contributed by atoms with Crippen molar-refractivity contribution in [3.8, 4) is 0 Å². The highest BCUT2D eigenvalue weighted by molar-refractivity contribution is 6.23. The molecule has 0 saturated carbocycles. The second-order valence-electron chi connectivity index (χ2n) is 4.63. The molecule has 16 heavy (non-hydrogen) atoms. The summed E-state index contributed by atoms with van der Waals surface area (Å²) in [6.45, 7) is 4.35. The molecule has 2 nitrogen and oxygen atoms in total. The largest absolute Gasteiger partial charge is 0.175 e. The van der Waals surface area contributed by atoms with Crippen molar-refractivity contribution < 1.29 is 0 Å². The number of hydrogen-bond donors (Lipinski definition) is 0. The highest BCUT2D eigenvalue weighted by atomic mass is 35.5. The average Bonchev–Trinajstić information content (AvgIpc) is 2.31. The molecule has 0 aromatic heterocycles. The molecule has 0 bridgehead atoms. The fraction of sp³-hybridized carbons (Fsp3) is 1.00. The number of hydrogen-bond acceptors (Lipinski definition) is 2. The number of alkyl halides is 1. The molecular formula is C13H26ClNO. The van der Waals surface area contributed by atoms with Crippen molar-refractivity contribution in [2.24, 2.45) is 5.18 Å². The third-order valence-electron chi connectivity index (χ3n) is 2.99. The predicted molar refractivity (Wildman–Crippen MR) is 71.9 cm³/mol. The van der Waals surface area contributed by atoms with Gasteiger partial charge in [0.2, 0.25) is 0 Å². The Morgan fingerprint density at radius 3 is 1.62 bits per heavy atom. The van der Waals surface area contributed by atoms with Gasteiger partial charge in [0.15, 0.2) is 5.00 Å². The smallest absolute Gasteiger partial charge is 0.149 e. The van der Waals surface area contributed by atoms with E-state index in [-0.39, 0.29) is 0 Å². The van der Waals surface area contributed by atoms with Crippen LogP contribution in [-0.4, -0.2) is 5.00 Å². The molecule has 0 aromatic rings. The van der Waals surface area contributed by atoms with Crippen LogP contribution in [0.4, 0.5) is 0 Å². The SMILES string of the molecule is CCCCCCC(Cl)(CCCCCC)N=O. The van der Waals surface area contributed by atoms with Gasteiger partial charge < -0.3 is 0 Å². The first-order valence-corrected chi connectivity index (χ1v) is 7.09. The molecule has 0 aliphatic heterocycles. The van der Waals surface area contributed by atoms with Gasteiger partial charge in [-0.15, -0.1) is 4.91 Å². The van der Waals surface area contributed by atoms with Crippen LogP contribution in [0.5, 0.6) is 0 Å². The van der Waals surface area contributed by atoms with Gasteiger partial charge in [-0.1, -0.05) is 64.0 Å². The van der Waals surface area contributed by atoms with Gasteiger partial charge >= 0.3 is 0 Å². The van der Waals surface area contributed by atoms with Crippen molar-refractivity contribution in [2.75, 3.05) is 0 Å². The summed E-state index contributed by atoms with van der Waals surface area (Å²) in [5.74, 6) is 0. The minimum Gasteiger partial charge on any atom is -0.149 e. The molecule has 96 valence electrons. The van der Waals surface area contributed by atoms with Crippen LogP contribution >= 0.6 is 11.6 Å². The van der Waals surface area contributed by atoms with E-state index in [1.807, 2.05) is 0 Å². The molecule has 0 radical (unpaired) electrons. The molecule has 0 N–H and O–H groups in total. The molecule has 0 spiro atoms. The van der Waals surface area contributed by atoms with Crippen molar-refractivity contribution in [1.29, 1.82) is 0 Å². The summed E-state index contributed by atoms with van der Waals surface area (Å²) in [6.07, 6.45) is 10.7. The summed E-state index contributed by atoms with van der Waals surface area (Å²) in [4.78, 5) is 9.95. The number of rotatable bonds is 11. The second-order valence-corrected chi connectivity index (χ2v) is 5.33. The molecule has 0 aliphatic rings. The minimum atomic E-state index is -0.818. The molecule has 0 fully saturated rings. The molecule has 0 rings (SSSR count). The maximum absolute atomic E-state index is 10.8. The maximum Gasteiger partial charge on any atom is 0.175 e. The normalized spacial score (nSPS) is 11.7. The Labute approximate surface area is 105 Å². The zero-order chi connectivity index (χ0) is 12.3. The standard InChI is InChI=1S/C13H26ClNO/c1-3-5-7-9-11-13(14,15-16)12-10-8-6-4-2/h3-12H2,1-2H3. The van der Waals surface area contributed by atoms with E-state index in [4.69, 9.17) is 11.6 Å². The van der Waals surface area contributed by atoms with Crippen LogP contribution in [0.15, 0.2) is 5.18 Å². The molecule has 0 atom stereocenters. The molecule has 0 amide bonds. The number of halogens is 1. The Hall–Kier alpha value is -0.110. The first-order valence-electron chi connectivity index (χ1n) is 6.72. The van der Waals surface area contributed by atoms with Crippen LogP contribution in [0, 0.1) is 4.91 Å². The fourth-order valence-electron chi connectivity index (χ4n) is 1.86. The van der Waals surface area contributed by atoms with Gasteiger partial charge in [0, 0.05) is 0 Å². The number of nitroso groups, excluding NO2 is 1. The average molecular weight is 248 g/mol. The van der Waals surface area contributed by atoms with Gasteiger partial charge in [0.25, 0.3) is 0 Å². The van der Waals surface area contributed by atoms with Gasteiger partial charge in [-0.05, 0) is 30.9 Å². The zero-order valence-electron chi connectivity index (χ0n) is 10.8. The Bertz CT molecular complexity index is 161. The van der Waals surface area contributed by atoms with E-state index in [0.29, 0.717) is 0 Å². The van der Waals surface area contributed by atoms with E-state index >= 15 is 0 Å². The van der Waals surface area contributed by atoms with Crippen LogP contribution in [0.2, 0.25) is 0 Å². The van der Waals surface area contributed by atoms with Gasteiger partial charge in [0.1, 0.15) is 0 Å². The predicted octanol–water partition coefficient (Wildman–Crippen LogP) is 5.63. The van der Waals surface area contributed by atoms with Gasteiger partial charge in [-0.2, -0.15) is 0 Å². The van der Waals surface area contributed by atoms with Gasteiger partial charge in [0.05, 0.1) is 0 Å². The fourth-order valence-corrected chi connectivity index (χ4v) is 2.13. The summed E-state index contributed by atoms with van der Waals surface area (Å²) in [5.41, 5.74) is 0. The molecule has 0 aliphatic carbocycles. The Kier molecular flexibility index (Phi) is 10.0. The first-order chi connectivity index (χ1) is 7.68. The third-order valence-corrected chi connectivity index (χ3v) is 3.44. The summed E-state index contributed by atoms with van der Waals surface area (Å²) in [6, 6.07) is 0. The summed E-state index contributed by atoms with van der Waals surface area (Å²) in [5, 5.41) is 3.13. The van der Waals surface area contributed by atoms with E-state index in [1.165, 1.54) is 25.7 Å². The first kappa shape index (κ1) is 15.9. The maximum atomic E-state index is 10.8. The van der Waals surface area contributed by atoms with Crippen molar-refractivity contribution >= 4 is 11.6 Å². The highest BCUT2D eigenvalue weighted by Crippen LogP contribution is 2.30. The lowest BCUT2D eigenvalue weighted by molar-refractivity contribution is 0.449. The van der Waals surface area contributed by atoms with Gasteiger partial charge in [-0.25, -0.2) is 0 Å². The minimum absolute atomic E-state index is 0.740. The molecule has 3 heteroatoms. The highest BCUT2D eigenvalue weighted by Gasteiger charge is 2.26. The lowest BCUT2D eigenvalue weighted by Crippen LogP contribution is -2.17. The van der Waals surface area contributed by atoms with E-state index < -0.39 is 5.00 Å². The topological polar surface area (TPSA) is 29.4 Å². The Balaban J connectivity index is 3.68. The van der Waals surface area contributed by atoms with Crippen LogP contribution < -0.4 is 0 Å². The Morgan fingerprint density at radius 2 is 1.31 bits per heavy atom. The van der Waals surface area contributed by atoms with E-state index in [0.717, 1.165) is 38.5 Å². The molecular weight excluding hydrogens is 222 g/mol. The monoisotopic (exact) mass is 247 g/mol. The molecule has 0 unspecified atom stereocenters. The van der Waals surface area contributed by atoms with Crippen molar-refractivity contribution in [1.82, 2.24) is 0 Å². The van der Waals surface area contributed by atoms with Gasteiger partial charge in [-0.3, -0.25) is 0 Å². The summed E-state index contributed by atoms with van der Waals surface area (Å²) >= 11 is 6.20. The molecule has 0 heterocycles. The van der Waals surface area contributed by atoms with E-state index in [1.54, 1.807) is 0 Å². The quantitative estimate of drug-likeness (QED) is 0.201. The van der Waals surface area contributed by atoms with Crippen LogP contribution in [0.3, 0.4) is 0 Å². The molecule has 0 saturated heterocycles. The van der Waals surface area contributed by atoms with Crippen molar-refractivity contribution in [3.05, 3.63) is 4.91 Å². The number of unbranched alkanes of at least 4 members (excludes halogenated alkanes) is 6. The van der Waals surface area contributed by atoms with E-state index in [2.05, 4.69) is 19.0 Å².